The number of allylic oxidation sites excluding steroid dienone is 1. The Morgan fingerprint density at radius 1 is 1.31 bits per heavy atom. The quantitative estimate of drug-likeness (QED) is 0.483. The SMILES string of the molecule is Cc1cn2ccc(-c3nc(C#N)ccc3/C(C=N)=C/NCCC(F)(F)F)cc2n1. The maximum Gasteiger partial charge on any atom is 0.390 e. The third-order valence-electron chi connectivity index (χ3n) is 4.14. The lowest BCUT2D eigenvalue weighted by atomic mass is 10.0. The first-order chi connectivity index (χ1) is 13.8. The van der Waals surface area contributed by atoms with Gasteiger partial charge in [-0.05, 0) is 31.2 Å². The van der Waals surface area contributed by atoms with Gasteiger partial charge in [-0.15, -0.1) is 0 Å². The number of fused-ring (bicyclic) bond motifs is 1. The molecule has 0 aliphatic heterocycles. The Balaban J connectivity index is 2.01. The van der Waals surface area contributed by atoms with Crippen LogP contribution < -0.4 is 5.32 Å². The van der Waals surface area contributed by atoms with Gasteiger partial charge in [-0.3, -0.25) is 0 Å². The van der Waals surface area contributed by atoms with E-state index in [1.54, 1.807) is 18.2 Å². The highest BCUT2D eigenvalue weighted by molar-refractivity contribution is 6.10. The molecular weight excluding hydrogens is 381 g/mol. The molecule has 6 nitrogen and oxygen atoms in total. The Kier molecular flexibility index (Phi) is 5.64. The molecule has 3 heterocycles. The number of aryl methyl sites for hydroxylation is 1. The fourth-order valence-electron chi connectivity index (χ4n) is 2.82. The average molecular weight is 398 g/mol. The summed E-state index contributed by atoms with van der Waals surface area (Å²) in [5, 5.41) is 19.5. The summed E-state index contributed by atoms with van der Waals surface area (Å²) in [6.45, 7) is 1.56. The van der Waals surface area contributed by atoms with E-state index < -0.39 is 12.6 Å². The summed E-state index contributed by atoms with van der Waals surface area (Å²) in [5.74, 6) is 0. The molecule has 0 aromatic carbocycles. The second-order valence-corrected chi connectivity index (χ2v) is 6.33. The van der Waals surface area contributed by atoms with Gasteiger partial charge >= 0.3 is 6.18 Å². The van der Waals surface area contributed by atoms with E-state index in [4.69, 9.17) is 5.41 Å². The third kappa shape index (κ3) is 4.79. The third-order valence-corrected chi connectivity index (χ3v) is 4.14. The van der Waals surface area contributed by atoms with Gasteiger partial charge in [0.1, 0.15) is 17.4 Å². The van der Waals surface area contributed by atoms with Crippen molar-refractivity contribution in [2.75, 3.05) is 6.54 Å². The Bertz CT molecular complexity index is 1120. The molecule has 3 aromatic heterocycles. The molecule has 0 fully saturated rings. The molecule has 0 aliphatic rings. The van der Waals surface area contributed by atoms with Crippen molar-refractivity contribution in [1.82, 2.24) is 19.7 Å². The molecule has 148 valence electrons. The van der Waals surface area contributed by atoms with Crippen LogP contribution in [0, 0.1) is 23.7 Å². The molecule has 0 atom stereocenters. The zero-order chi connectivity index (χ0) is 21.0. The van der Waals surface area contributed by atoms with Crippen molar-refractivity contribution in [3.63, 3.8) is 0 Å². The number of pyridine rings is 2. The Morgan fingerprint density at radius 3 is 2.79 bits per heavy atom. The first kappa shape index (κ1) is 20.1. The highest BCUT2D eigenvalue weighted by atomic mass is 19.4. The van der Waals surface area contributed by atoms with Gasteiger partial charge < -0.3 is 15.1 Å². The van der Waals surface area contributed by atoms with Gasteiger partial charge in [-0.1, -0.05) is 0 Å². The molecule has 0 spiro atoms. The second-order valence-electron chi connectivity index (χ2n) is 6.33. The van der Waals surface area contributed by atoms with Gasteiger partial charge in [0.25, 0.3) is 0 Å². The van der Waals surface area contributed by atoms with Crippen LogP contribution in [0.4, 0.5) is 13.2 Å². The monoisotopic (exact) mass is 398 g/mol. The Hall–Kier alpha value is -3.67. The summed E-state index contributed by atoms with van der Waals surface area (Å²) in [4.78, 5) is 8.77. The van der Waals surface area contributed by atoms with E-state index in [0.717, 1.165) is 11.9 Å². The van der Waals surface area contributed by atoms with Crippen LogP contribution in [-0.4, -0.2) is 33.3 Å². The molecule has 0 saturated carbocycles. The fourth-order valence-corrected chi connectivity index (χ4v) is 2.82. The number of hydrogen-bond donors (Lipinski definition) is 2. The first-order valence-corrected chi connectivity index (χ1v) is 8.69. The Morgan fingerprint density at radius 2 is 2.10 bits per heavy atom. The number of halogens is 3. The molecule has 0 unspecified atom stereocenters. The second kappa shape index (κ2) is 8.14. The molecule has 2 N–H and O–H groups in total. The largest absolute Gasteiger partial charge is 0.390 e. The van der Waals surface area contributed by atoms with E-state index in [2.05, 4.69) is 15.3 Å². The summed E-state index contributed by atoms with van der Waals surface area (Å²) >= 11 is 0. The highest BCUT2D eigenvalue weighted by Gasteiger charge is 2.25. The number of nitrogens with one attached hydrogen (secondary N) is 2. The normalized spacial score (nSPS) is 12.0. The number of alkyl halides is 3. The van der Waals surface area contributed by atoms with Crippen molar-refractivity contribution in [2.24, 2.45) is 0 Å². The molecule has 0 radical (unpaired) electrons. The van der Waals surface area contributed by atoms with E-state index in [0.29, 0.717) is 28.0 Å². The zero-order valence-corrected chi connectivity index (χ0v) is 15.5. The van der Waals surface area contributed by atoms with Crippen LogP contribution in [0.1, 0.15) is 23.4 Å². The average Bonchev–Trinajstić information content (AvgIpc) is 3.06. The van der Waals surface area contributed by atoms with Gasteiger partial charge in [-0.2, -0.15) is 18.4 Å². The summed E-state index contributed by atoms with van der Waals surface area (Å²) in [5.41, 5.74) is 3.72. The van der Waals surface area contributed by atoms with Crippen molar-refractivity contribution in [2.45, 2.75) is 19.5 Å². The van der Waals surface area contributed by atoms with Gasteiger partial charge in [-0.25, -0.2) is 9.97 Å². The number of rotatable bonds is 6. The number of aromatic nitrogens is 3. The zero-order valence-electron chi connectivity index (χ0n) is 15.5. The maximum atomic E-state index is 12.3. The van der Waals surface area contributed by atoms with Crippen LogP contribution in [0.25, 0.3) is 22.5 Å². The minimum atomic E-state index is -4.26. The summed E-state index contributed by atoms with van der Waals surface area (Å²) < 4.78 is 38.8. The molecular formula is C20H17F3N6. The van der Waals surface area contributed by atoms with E-state index in [1.807, 2.05) is 29.8 Å². The van der Waals surface area contributed by atoms with E-state index >= 15 is 0 Å². The summed E-state index contributed by atoms with van der Waals surface area (Å²) in [6.07, 6.45) is 0.819. The lowest BCUT2D eigenvalue weighted by Gasteiger charge is -2.11. The molecule has 3 aromatic rings. The molecule has 0 amide bonds. The topological polar surface area (TPSA) is 89.9 Å². The maximum absolute atomic E-state index is 12.3. The number of hydrogen-bond acceptors (Lipinski definition) is 5. The van der Waals surface area contributed by atoms with Crippen molar-refractivity contribution >= 4 is 17.4 Å². The van der Waals surface area contributed by atoms with Crippen molar-refractivity contribution < 1.29 is 13.2 Å². The molecule has 0 aliphatic carbocycles. The van der Waals surface area contributed by atoms with E-state index in [1.165, 1.54) is 12.3 Å². The van der Waals surface area contributed by atoms with Crippen LogP contribution in [0.3, 0.4) is 0 Å². The van der Waals surface area contributed by atoms with Gasteiger partial charge in [0.15, 0.2) is 0 Å². The predicted octanol–water partition coefficient (Wildman–Crippen LogP) is 4.11. The molecule has 29 heavy (non-hydrogen) atoms. The minimum Gasteiger partial charge on any atom is -0.390 e. The van der Waals surface area contributed by atoms with Crippen LogP contribution >= 0.6 is 0 Å². The van der Waals surface area contributed by atoms with Crippen molar-refractivity contribution in [3.05, 3.63) is 59.8 Å². The lowest BCUT2D eigenvalue weighted by Crippen LogP contribution is -2.18. The van der Waals surface area contributed by atoms with Crippen LogP contribution in [0.5, 0.6) is 0 Å². The summed E-state index contributed by atoms with van der Waals surface area (Å²) in [6, 6.07) is 8.73. The lowest BCUT2D eigenvalue weighted by molar-refractivity contribution is -0.133. The standard InChI is InChI=1S/C20H17F3N6/c1-13-12-29-7-4-14(8-18(29)27-13)19-17(3-2-16(10-25)28-19)15(9-24)11-26-6-5-20(21,22)23/h2-4,7-9,11-12,24,26H,5-6H2,1H3/b15-11+,24-9?. The number of imidazole rings is 1. The smallest absolute Gasteiger partial charge is 0.390 e. The fraction of sp³-hybridized carbons (Fsp3) is 0.200. The van der Waals surface area contributed by atoms with Crippen LogP contribution in [-0.2, 0) is 0 Å². The van der Waals surface area contributed by atoms with Crippen LogP contribution in [0.2, 0.25) is 0 Å². The molecule has 3 rings (SSSR count). The summed E-state index contributed by atoms with van der Waals surface area (Å²) in [7, 11) is 0. The first-order valence-electron chi connectivity index (χ1n) is 8.69. The predicted molar refractivity (Wildman–Crippen MR) is 103 cm³/mol. The van der Waals surface area contributed by atoms with Crippen molar-refractivity contribution in [3.8, 4) is 17.3 Å². The van der Waals surface area contributed by atoms with Crippen molar-refractivity contribution in [1.29, 1.82) is 10.7 Å². The molecule has 0 bridgehead atoms. The number of nitrogens with zero attached hydrogens (tertiary/aromatic N) is 4. The van der Waals surface area contributed by atoms with Crippen LogP contribution in [0.15, 0.2) is 42.9 Å². The number of nitriles is 1. The van der Waals surface area contributed by atoms with Gasteiger partial charge in [0.2, 0.25) is 0 Å². The molecule has 9 heteroatoms. The minimum absolute atomic E-state index is 0.192. The highest BCUT2D eigenvalue weighted by Crippen LogP contribution is 2.28. The molecule has 0 saturated heterocycles. The van der Waals surface area contributed by atoms with E-state index in [-0.39, 0.29) is 12.2 Å². The van der Waals surface area contributed by atoms with E-state index in [9.17, 15) is 18.4 Å². The van der Waals surface area contributed by atoms with Gasteiger partial charge in [0.05, 0.1) is 17.8 Å². The Labute approximate surface area is 164 Å². The van der Waals surface area contributed by atoms with Gasteiger partial charge in [0, 0.05) is 48.1 Å².